The highest BCUT2D eigenvalue weighted by atomic mass is 16.6. The number of rotatable bonds is 2. The lowest BCUT2D eigenvalue weighted by Crippen LogP contribution is -2.55. The zero-order valence-corrected chi connectivity index (χ0v) is 22.4. The van der Waals surface area contributed by atoms with E-state index in [-0.39, 0.29) is 11.9 Å². The third-order valence-corrected chi connectivity index (χ3v) is 6.28. The highest BCUT2D eigenvalue weighted by Gasteiger charge is 2.62. The molecule has 0 saturated carbocycles. The molecule has 2 saturated heterocycles. The van der Waals surface area contributed by atoms with Crippen LogP contribution < -0.4 is 16.6 Å². The van der Waals surface area contributed by atoms with Crippen LogP contribution in [-0.4, -0.2) is 62.0 Å². The number of hydrogen-bond donors (Lipinski definition) is 2. The first-order chi connectivity index (χ1) is 16.5. The second-order valence-electron chi connectivity index (χ2n) is 11.4. The van der Waals surface area contributed by atoms with Crippen LogP contribution in [0.15, 0.2) is 20.8 Å². The number of guanidine groups is 1. The first kappa shape index (κ1) is 27.4. The summed E-state index contributed by atoms with van der Waals surface area (Å²) in [5.74, 6) is -0.177. The number of fused-ring (bicyclic) bond motifs is 2. The molecule has 0 radical (unpaired) electrons. The number of likely N-dealkylation sites (tertiary alicyclic amines) is 1. The smallest absolute Gasteiger partial charge is 0.437 e. The number of aromatic nitrogens is 2. The van der Waals surface area contributed by atoms with E-state index < -0.39 is 52.5 Å². The Balaban J connectivity index is 2.06. The molecular formula is C24H37N5O7. The van der Waals surface area contributed by atoms with E-state index in [4.69, 9.17) is 14.2 Å². The predicted octanol–water partition coefficient (Wildman–Crippen LogP) is 2.66. The number of nitrogens with zero attached hydrogens (tertiary/aromatic N) is 3. The van der Waals surface area contributed by atoms with Gasteiger partial charge < -0.3 is 19.1 Å². The van der Waals surface area contributed by atoms with E-state index in [1.165, 1.54) is 10.8 Å². The number of amides is 2. The molecule has 0 aliphatic carbocycles. The lowest BCUT2D eigenvalue weighted by molar-refractivity contribution is -0.122. The second kappa shape index (κ2) is 9.38. The Kier molecular flexibility index (Phi) is 7.15. The number of alkyl carbamates (subject to hydrolysis) is 1. The van der Waals surface area contributed by atoms with Gasteiger partial charge in [0.15, 0.2) is 6.23 Å². The number of carbonyl (C=O) groups is 2. The summed E-state index contributed by atoms with van der Waals surface area (Å²) in [6.07, 6.45) is -0.432. The number of carbonyl (C=O) groups excluding carboxylic acids is 2. The number of ether oxygens (including phenoxy) is 3. The van der Waals surface area contributed by atoms with E-state index in [9.17, 15) is 19.2 Å². The average Bonchev–Trinajstić information content (AvgIpc) is 3.15. The largest absolute Gasteiger partial charge is 0.444 e. The molecule has 36 heavy (non-hydrogen) atoms. The van der Waals surface area contributed by atoms with Crippen molar-refractivity contribution in [3.63, 3.8) is 0 Å². The van der Waals surface area contributed by atoms with Crippen LogP contribution in [0.2, 0.25) is 0 Å². The minimum absolute atomic E-state index is 0.0619. The highest BCUT2D eigenvalue weighted by molar-refractivity contribution is 5.99. The topological polar surface area (TPSA) is 144 Å². The van der Waals surface area contributed by atoms with Crippen LogP contribution >= 0.6 is 0 Å². The van der Waals surface area contributed by atoms with Gasteiger partial charge in [-0.2, -0.15) is 0 Å². The summed E-state index contributed by atoms with van der Waals surface area (Å²) < 4.78 is 18.5. The molecule has 2 N–H and O–H groups in total. The van der Waals surface area contributed by atoms with Gasteiger partial charge in [0.25, 0.3) is 5.56 Å². The second-order valence-corrected chi connectivity index (χ2v) is 11.4. The predicted molar refractivity (Wildman–Crippen MR) is 132 cm³/mol. The van der Waals surface area contributed by atoms with Crippen molar-refractivity contribution >= 4 is 18.1 Å². The van der Waals surface area contributed by atoms with Gasteiger partial charge >= 0.3 is 17.9 Å². The molecule has 0 aromatic carbocycles. The summed E-state index contributed by atoms with van der Waals surface area (Å²) in [5, 5.41) is 2.60. The fourth-order valence-corrected chi connectivity index (χ4v) is 4.63. The van der Waals surface area contributed by atoms with Crippen LogP contribution in [0.25, 0.3) is 0 Å². The lowest BCUT2D eigenvalue weighted by Gasteiger charge is -2.39. The molecule has 1 aromatic rings. The minimum Gasteiger partial charge on any atom is -0.444 e. The summed E-state index contributed by atoms with van der Waals surface area (Å²) in [7, 11) is 0. The molecule has 2 aliphatic heterocycles. The van der Waals surface area contributed by atoms with Gasteiger partial charge in [-0.3, -0.25) is 19.7 Å². The van der Waals surface area contributed by atoms with Crippen LogP contribution in [0.4, 0.5) is 9.59 Å². The molecule has 3 heterocycles. The SMILES string of the molecule is CC[C@]12CN(/C(=N\C(=O)OC(C)(C)C)NC(=O)OC(C)(C)C)[C@@H](C1C)[C@H](n1cc(C)c(=O)[nH]c1=O)O2. The number of nitrogens with one attached hydrogen (secondary N) is 2. The van der Waals surface area contributed by atoms with E-state index in [1.54, 1.807) is 53.4 Å². The number of aromatic amines is 1. The zero-order valence-electron chi connectivity index (χ0n) is 22.4. The number of hydrogen-bond acceptors (Lipinski definition) is 7. The molecule has 12 heteroatoms. The van der Waals surface area contributed by atoms with Gasteiger partial charge in [0.1, 0.15) is 11.2 Å². The lowest BCUT2D eigenvalue weighted by atomic mass is 9.88. The van der Waals surface area contributed by atoms with Crippen LogP contribution in [0.3, 0.4) is 0 Å². The van der Waals surface area contributed by atoms with E-state index in [2.05, 4.69) is 15.3 Å². The van der Waals surface area contributed by atoms with Crippen molar-refractivity contribution in [2.75, 3.05) is 6.54 Å². The van der Waals surface area contributed by atoms with Crippen molar-refractivity contribution in [2.45, 2.75) is 97.8 Å². The molecule has 2 amide bonds. The summed E-state index contributed by atoms with van der Waals surface area (Å²) in [6, 6.07) is -0.496. The molecule has 1 aromatic heterocycles. The Morgan fingerprint density at radius 2 is 1.81 bits per heavy atom. The molecule has 2 bridgehead atoms. The van der Waals surface area contributed by atoms with Gasteiger partial charge in [-0.05, 0) is 54.9 Å². The number of aliphatic imine (C=N–C) groups is 1. The van der Waals surface area contributed by atoms with Crippen molar-refractivity contribution in [1.82, 2.24) is 19.8 Å². The van der Waals surface area contributed by atoms with Crippen LogP contribution in [-0.2, 0) is 14.2 Å². The van der Waals surface area contributed by atoms with E-state index in [0.717, 1.165) is 0 Å². The molecule has 2 fully saturated rings. The molecule has 12 nitrogen and oxygen atoms in total. The fourth-order valence-electron chi connectivity index (χ4n) is 4.63. The monoisotopic (exact) mass is 507 g/mol. The molecule has 0 spiro atoms. The summed E-state index contributed by atoms with van der Waals surface area (Å²) in [5.41, 5.74) is -3.02. The third-order valence-electron chi connectivity index (χ3n) is 6.28. The quantitative estimate of drug-likeness (QED) is 0.459. The Bertz CT molecular complexity index is 1170. The van der Waals surface area contributed by atoms with Gasteiger partial charge in [-0.1, -0.05) is 13.8 Å². The summed E-state index contributed by atoms with van der Waals surface area (Å²) in [4.78, 5) is 58.1. The maximum absolute atomic E-state index is 12.7. The summed E-state index contributed by atoms with van der Waals surface area (Å²) >= 11 is 0. The Labute approximate surface area is 210 Å². The summed E-state index contributed by atoms with van der Waals surface area (Å²) in [6.45, 7) is 16.1. The van der Waals surface area contributed by atoms with E-state index in [0.29, 0.717) is 18.5 Å². The fraction of sp³-hybridized carbons (Fsp3) is 0.708. The first-order valence-corrected chi connectivity index (χ1v) is 12.0. The van der Waals surface area contributed by atoms with Crippen LogP contribution in [0.5, 0.6) is 0 Å². The number of H-pyrrole nitrogens is 1. The van der Waals surface area contributed by atoms with Gasteiger partial charge in [0.05, 0.1) is 18.2 Å². The normalized spacial score (nSPS) is 26.2. The van der Waals surface area contributed by atoms with Crippen molar-refractivity contribution in [3.05, 3.63) is 32.6 Å². The van der Waals surface area contributed by atoms with E-state index in [1.807, 2.05) is 13.8 Å². The van der Waals surface area contributed by atoms with Crippen LogP contribution in [0.1, 0.15) is 73.6 Å². The van der Waals surface area contributed by atoms with Gasteiger partial charge in [0.2, 0.25) is 5.96 Å². The van der Waals surface area contributed by atoms with Crippen molar-refractivity contribution in [3.8, 4) is 0 Å². The van der Waals surface area contributed by atoms with Crippen molar-refractivity contribution in [2.24, 2.45) is 10.9 Å². The van der Waals surface area contributed by atoms with Crippen molar-refractivity contribution < 1.29 is 23.8 Å². The maximum atomic E-state index is 12.7. The average molecular weight is 508 g/mol. The third kappa shape index (κ3) is 5.63. The molecule has 200 valence electrons. The van der Waals surface area contributed by atoms with Gasteiger partial charge in [0, 0.05) is 17.7 Å². The molecule has 3 rings (SSSR count). The molecule has 1 unspecified atom stereocenters. The van der Waals surface area contributed by atoms with E-state index >= 15 is 0 Å². The van der Waals surface area contributed by atoms with Gasteiger partial charge in [-0.25, -0.2) is 14.4 Å². The molecular weight excluding hydrogens is 470 g/mol. The highest BCUT2D eigenvalue weighted by Crippen LogP contribution is 2.51. The van der Waals surface area contributed by atoms with Crippen LogP contribution in [0, 0.1) is 12.8 Å². The Hall–Kier alpha value is -3.15. The minimum atomic E-state index is -0.885. The molecule has 2 aliphatic rings. The Morgan fingerprint density at radius 1 is 1.19 bits per heavy atom. The number of aryl methyl sites for hydroxylation is 1. The standard InChI is InChI=1S/C24H37N5O7/c1-10-24-12-29(15(14(24)3)17(34-24)28-11-13(2)16(30)25-19(28)31)18(26-20(32)35-22(4,5)6)27-21(33)36-23(7,8)9/h11,14-15,17H,10,12H2,1-9H3,(H,25,30,31)(H,26,27,32,33)/t14?,15-,17+,24-/m0/s1. The van der Waals surface area contributed by atoms with Crippen molar-refractivity contribution in [1.29, 1.82) is 0 Å². The zero-order chi connectivity index (χ0) is 27.2. The number of morpholine rings is 1. The van der Waals surface area contributed by atoms with Gasteiger partial charge in [-0.15, -0.1) is 4.99 Å². The maximum Gasteiger partial charge on any atom is 0.437 e. The first-order valence-electron chi connectivity index (χ1n) is 12.0. The Morgan fingerprint density at radius 3 is 2.33 bits per heavy atom. The molecule has 4 atom stereocenters.